The normalized spacial score (nSPS) is 11.0. The molecule has 0 bridgehead atoms. The molecule has 0 atom stereocenters. The van der Waals surface area contributed by atoms with Crippen molar-refractivity contribution in [1.29, 1.82) is 0 Å². The summed E-state index contributed by atoms with van der Waals surface area (Å²) in [6.07, 6.45) is 0. The highest BCUT2D eigenvalue weighted by Gasteiger charge is 2.21. The van der Waals surface area contributed by atoms with Gasteiger partial charge in [-0.05, 0) is 30.2 Å². The van der Waals surface area contributed by atoms with Gasteiger partial charge >= 0.3 is 0 Å². The first-order chi connectivity index (χ1) is 9.25. The number of hydrogen-bond acceptors (Lipinski definition) is 3. The average molecular weight is 339 g/mol. The van der Waals surface area contributed by atoms with E-state index in [-0.39, 0.29) is 29.5 Å². The number of carbonyl (C=O) groups excluding carboxylic acids is 1. The number of carbonyl (C=O) groups is 1. The number of nitrogens with two attached hydrogens (primary N) is 1. The summed E-state index contributed by atoms with van der Waals surface area (Å²) in [5, 5.41) is 0. The van der Waals surface area contributed by atoms with Crippen molar-refractivity contribution in [1.82, 2.24) is 4.90 Å². The molecular formula is C14H21ClF2N2OS. The molecule has 0 aliphatic carbocycles. The maximum Gasteiger partial charge on any atom is 0.232 e. The van der Waals surface area contributed by atoms with Crippen molar-refractivity contribution in [3.8, 4) is 0 Å². The number of rotatable bonds is 6. The van der Waals surface area contributed by atoms with Crippen LogP contribution in [-0.2, 0) is 4.79 Å². The lowest BCUT2D eigenvalue weighted by molar-refractivity contribution is -0.128. The smallest absolute Gasteiger partial charge is 0.232 e. The van der Waals surface area contributed by atoms with Gasteiger partial charge in [0, 0.05) is 18.5 Å². The second-order valence-electron chi connectivity index (χ2n) is 5.48. The van der Waals surface area contributed by atoms with Crippen molar-refractivity contribution in [3.63, 3.8) is 0 Å². The molecule has 21 heavy (non-hydrogen) atoms. The van der Waals surface area contributed by atoms with Crippen LogP contribution in [0.4, 0.5) is 8.78 Å². The Morgan fingerprint density at radius 2 is 1.95 bits per heavy atom. The van der Waals surface area contributed by atoms with E-state index in [2.05, 4.69) is 0 Å². The Balaban J connectivity index is 0.00000400. The minimum absolute atomic E-state index is 0. The van der Waals surface area contributed by atoms with E-state index in [0.29, 0.717) is 18.0 Å². The number of hydrogen-bond donors (Lipinski definition) is 1. The fraction of sp³-hybridized carbons (Fsp3) is 0.500. The summed E-state index contributed by atoms with van der Waals surface area (Å²) in [6.45, 7) is 5.01. The highest BCUT2D eigenvalue weighted by Crippen LogP contribution is 2.21. The average Bonchev–Trinajstić information content (AvgIpc) is 2.39. The van der Waals surface area contributed by atoms with E-state index in [1.165, 1.54) is 17.8 Å². The second-order valence-corrected chi connectivity index (χ2v) is 6.53. The molecule has 0 saturated heterocycles. The van der Waals surface area contributed by atoms with E-state index >= 15 is 0 Å². The summed E-state index contributed by atoms with van der Waals surface area (Å²) in [5.41, 5.74) is 5.49. The highest BCUT2D eigenvalue weighted by molar-refractivity contribution is 8.00. The molecule has 120 valence electrons. The molecule has 2 N–H and O–H groups in total. The van der Waals surface area contributed by atoms with Gasteiger partial charge in [0.2, 0.25) is 5.91 Å². The Bertz CT molecular complexity index is 486. The van der Waals surface area contributed by atoms with Crippen molar-refractivity contribution >= 4 is 30.1 Å². The lowest BCUT2D eigenvalue weighted by atomic mass is 9.93. The molecule has 0 heterocycles. The topological polar surface area (TPSA) is 46.3 Å². The maximum absolute atomic E-state index is 13.0. The molecule has 0 spiro atoms. The SMILES string of the molecule is CN(CC(C)(C)CN)C(=O)CSc1ccc(F)c(F)c1.Cl. The van der Waals surface area contributed by atoms with E-state index < -0.39 is 11.6 Å². The monoisotopic (exact) mass is 338 g/mol. The molecule has 0 fully saturated rings. The summed E-state index contributed by atoms with van der Waals surface area (Å²) in [7, 11) is 1.71. The zero-order chi connectivity index (χ0) is 15.3. The minimum Gasteiger partial charge on any atom is -0.344 e. The lowest BCUT2D eigenvalue weighted by Crippen LogP contribution is -2.40. The zero-order valence-electron chi connectivity index (χ0n) is 12.4. The van der Waals surface area contributed by atoms with E-state index in [4.69, 9.17) is 5.73 Å². The van der Waals surface area contributed by atoms with Gasteiger partial charge in [0.15, 0.2) is 11.6 Å². The van der Waals surface area contributed by atoms with Crippen molar-refractivity contribution in [3.05, 3.63) is 29.8 Å². The first kappa shape index (κ1) is 20.1. The predicted molar refractivity (Wildman–Crippen MR) is 84.8 cm³/mol. The molecule has 0 aliphatic rings. The van der Waals surface area contributed by atoms with Crippen LogP contribution in [0.3, 0.4) is 0 Å². The molecule has 0 unspecified atom stereocenters. The summed E-state index contributed by atoms with van der Waals surface area (Å²) >= 11 is 1.18. The maximum atomic E-state index is 13.0. The first-order valence-corrected chi connectivity index (χ1v) is 7.25. The third-order valence-electron chi connectivity index (χ3n) is 2.90. The Hall–Kier alpha value is -0.850. The minimum atomic E-state index is -0.903. The summed E-state index contributed by atoms with van der Waals surface area (Å²) in [6, 6.07) is 3.61. The van der Waals surface area contributed by atoms with Gasteiger partial charge in [-0.1, -0.05) is 13.8 Å². The van der Waals surface area contributed by atoms with Crippen LogP contribution >= 0.6 is 24.2 Å². The van der Waals surface area contributed by atoms with E-state index in [1.54, 1.807) is 11.9 Å². The van der Waals surface area contributed by atoms with Crippen LogP contribution in [0.2, 0.25) is 0 Å². The third-order valence-corrected chi connectivity index (χ3v) is 3.88. The van der Waals surface area contributed by atoms with Crippen molar-refractivity contribution in [2.75, 3.05) is 25.9 Å². The van der Waals surface area contributed by atoms with E-state index in [0.717, 1.165) is 12.1 Å². The summed E-state index contributed by atoms with van der Waals surface area (Å²) < 4.78 is 25.8. The Morgan fingerprint density at radius 1 is 1.33 bits per heavy atom. The van der Waals surface area contributed by atoms with Crippen LogP contribution in [0.25, 0.3) is 0 Å². The van der Waals surface area contributed by atoms with Gasteiger partial charge in [-0.15, -0.1) is 24.2 Å². The van der Waals surface area contributed by atoms with Crippen LogP contribution in [0, 0.1) is 17.0 Å². The molecule has 0 radical (unpaired) electrons. The van der Waals surface area contributed by atoms with Gasteiger partial charge < -0.3 is 10.6 Å². The van der Waals surface area contributed by atoms with Crippen LogP contribution in [0.1, 0.15) is 13.8 Å². The Labute approximate surface area is 134 Å². The van der Waals surface area contributed by atoms with Gasteiger partial charge in [-0.3, -0.25) is 4.79 Å². The molecule has 1 aromatic rings. The van der Waals surface area contributed by atoms with Crippen molar-refractivity contribution in [2.24, 2.45) is 11.1 Å². The molecule has 0 saturated carbocycles. The fourth-order valence-electron chi connectivity index (χ4n) is 1.62. The largest absolute Gasteiger partial charge is 0.344 e. The summed E-state index contributed by atoms with van der Waals surface area (Å²) in [5.74, 6) is -1.67. The van der Waals surface area contributed by atoms with E-state index in [9.17, 15) is 13.6 Å². The van der Waals surface area contributed by atoms with Gasteiger partial charge in [0.05, 0.1) is 5.75 Å². The number of amides is 1. The number of nitrogens with zero attached hydrogens (tertiary/aromatic N) is 1. The highest BCUT2D eigenvalue weighted by atomic mass is 35.5. The van der Waals surface area contributed by atoms with Crippen LogP contribution in [0.5, 0.6) is 0 Å². The van der Waals surface area contributed by atoms with Gasteiger partial charge in [-0.2, -0.15) is 0 Å². The lowest BCUT2D eigenvalue weighted by Gasteiger charge is -2.29. The fourth-order valence-corrected chi connectivity index (χ4v) is 2.48. The van der Waals surface area contributed by atoms with Gasteiger partial charge in [-0.25, -0.2) is 8.78 Å². The Kier molecular flexibility index (Phi) is 8.21. The molecule has 0 aliphatic heterocycles. The molecular weight excluding hydrogens is 318 g/mol. The standard InChI is InChI=1S/C14H20F2N2OS.ClH/c1-14(2,8-17)9-18(3)13(19)7-20-10-4-5-11(15)12(16)6-10;/h4-6H,7-9,17H2,1-3H3;1H. The summed E-state index contributed by atoms with van der Waals surface area (Å²) in [4.78, 5) is 14.1. The number of benzene rings is 1. The molecule has 7 heteroatoms. The van der Waals surface area contributed by atoms with Gasteiger partial charge in [0.1, 0.15) is 0 Å². The van der Waals surface area contributed by atoms with E-state index in [1.807, 2.05) is 13.8 Å². The van der Waals surface area contributed by atoms with Gasteiger partial charge in [0.25, 0.3) is 0 Å². The van der Waals surface area contributed by atoms with Crippen LogP contribution in [-0.4, -0.2) is 36.7 Å². The molecule has 1 aromatic carbocycles. The molecule has 1 rings (SSSR count). The molecule has 3 nitrogen and oxygen atoms in total. The third kappa shape index (κ3) is 6.63. The quantitative estimate of drug-likeness (QED) is 0.811. The number of thioether (sulfide) groups is 1. The molecule has 1 amide bonds. The second kappa shape index (κ2) is 8.56. The number of halogens is 3. The first-order valence-electron chi connectivity index (χ1n) is 6.27. The van der Waals surface area contributed by atoms with Crippen LogP contribution < -0.4 is 5.73 Å². The molecule has 0 aromatic heterocycles. The van der Waals surface area contributed by atoms with Crippen molar-refractivity contribution in [2.45, 2.75) is 18.7 Å². The zero-order valence-corrected chi connectivity index (χ0v) is 14.0. The predicted octanol–water partition coefficient (Wildman–Crippen LogP) is 2.92. The van der Waals surface area contributed by atoms with Crippen LogP contribution in [0.15, 0.2) is 23.1 Å². The van der Waals surface area contributed by atoms with Crippen molar-refractivity contribution < 1.29 is 13.6 Å². The Morgan fingerprint density at radius 3 is 2.48 bits per heavy atom.